The van der Waals surface area contributed by atoms with Crippen LogP contribution in [0.5, 0.6) is 11.5 Å². The first-order chi connectivity index (χ1) is 12.0. The maximum Gasteiger partial charge on any atom is 0.178 e. The fourth-order valence-electron chi connectivity index (χ4n) is 2.36. The first kappa shape index (κ1) is 17.5. The molecule has 0 atom stereocenters. The van der Waals surface area contributed by atoms with E-state index in [0.717, 1.165) is 11.1 Å². The molecule has 3 aromatic rings. The highest BCUT2D eigenvalue weighted by atomic mass is 35.5. The van der Waals surface area contributed by atoms with Gasteiger partial charge >= 0.3 is 0 Å². The second-order valence-electron chi connectivity index (χ2n) is 5.42. The minimum Gasteiger partial charge on any atom is -0.456 e. The number of benzene rings is 3. The van der Waals surface area contributed by atoms with Crippen molar-refractivity contribution in [3.05, 3.63) is 77.8 Å². The fourth-order valence-corrected chi connectivity index (χ4v) is 3.55. The average molecular weight is 372 g/mol. The minimum atomic E-state index is -3.30. The van der Waals surface area contributed by atoms with Crippen molar-refractivity contribution in [2.45, 2.75) is 11.8 Å². The zero-order valence-electron chi connectivity index (χ0n) is 13.6. The van der Waals surface area contributed by atoms with Gasteiger partial charge in [-0.2, -0.15) is 0 Å². The predicted molar refractivity (Wildman–Crippen MR) is 100.0 cm³/mol. The van der Waals surface area contributed by atoms with E-state index < -0.39 is 9.84 Å². The largest absolute Gasteiger partial charge is 0.456 e. The summed E-state index contributed by atoms with van der Waals surface area (Å²) >= 11 is 6.20. The zero-order valence-corrected chi connectivity index (χ0v) is 15.1. The van der Waals surface area contributed by atoms with Gasteiger partial charge in [0.2, 0.25) is 0 Å². The summed E-state index contributed by atoms with van der Waals surface area (Å²) in [5.74, 6) is 1.00. The summed E-state index contributed by atoms with van der Waals surface area (Å²) in [7, 11) is -3.30. The number of halogens is 1. The third kappa shape index (κ3) is 4.03. The van der Waals surface area contributed by atoms with E-state index in [2.05, 4.69) is 6.07 Å². The third-order valence-electron chi connectivity index (χ3n) is 3.74. The molecule has 0 aliphatic heterocycles. The Morgan fingerprint density at radius 2 is 1.76 bits per heavy atom. The van der Waals surface area contributed by atoms with Crippen LogP contribution in [0.1, 0.15) is 6.92 Å². The maximum atomic E-state index is 11.9. The topological polar surface area (TPSA) is 43.4 Å². The summed E-state index contributed by atoms with van der Waals surface area (Å²) in [4.78, 5) is 0.192. The standard InChI is InChI=1S/C20H16ClO3S/c1-2-25(22,23)18-11-12-20(19(21)14-18)24-17-10-6-9-16(13-17)15-7-4-3-5-8-15/h3-5,7-14H,2H2,1H3. The van der Waals surface area contributed by atoms with E-state index in [0.29, 0.717) is 11.5 Å². The summed E-state index contributed by atoms with van der Waals surface area (Å²) in [6.45, 7) is 1.60. The molecule has 0 saturated carbocycles. The van der Waals surface area contributed by atoms with E-state index in [9.17, 15) is 8.42 Å². The molecule has 0 heterocycles. The molecule has 3 nitrogen and oxygen atoms in total. The van der Waals surface area contributed by atoms with Gasteiger partial charge in [0.25, 0.3) is 0 Å². The van der Waals surface area contributed by atoms with E-state index in [1.165, 1.54) is 12.1 Å². The van der Waals surface area contributed by atoms with E-state index in [4.69, 9.17) is 16.3 Å². The first-order valence-electron chi connectivity index (χ1n) is 7.76. The summed E-state index contributed by atoms with van der Waals surface area (Å²) < 4.78 is 29.7. The molecule has 0 bridgehead atoms. The van der Waals surface area contributed by atoms with Crippen LogP contribution in [-0.4, -0.2) is 14.2 Å². The smallest absolute Gasteiger partial charge is 0.178 e. The molecular weight excluding hydrogens is 356 g/mol. The summed E-state index contributed by atoms with van der Waals surface area (Å²) in [5.41, 5.74) is 2.03. The molecule has 0 saturated heterocycles. The van der Waals surface area contributed by atoms with Crippen molar-refractivity contribution in [2.75, 3.05) is 5.75 Å². The SMILES string of the molecule is CCS(=O)(=O)c1ccc(Oc2c[c]cc(-c3ccccc3)c2)c(Cl)c1. The van der Waals surface area contributed by atoms with Gasteiger partial charge in [0.1, 0.15) is 11.5 Å². The molecule has 1 radical (unpaired) electrons. The Morgan fingerprint density at radius 1 is 1.00 bits per heavy atom. The van der Waals surface area contributed by atoms with Gasteiger partial charge in [-0.15, -0.1) is 0 Å². The van der Waals surface area contributed by atoms with Crippen molar-refractivity contribution in [3.8, 4) is 22.6 Å². The molecule has 25 heavy (non-hydrogen) atoms. The van der Waals surface area contributed by atoms with Crippen molar-refractivity contribution in [2.24, 2.45) is 0 Å². The van der Waals surface area contributed by atoms with Crippen LogP contribution in [0.4, 0.5) is 0 Å². The normalized spacial score (nSPS) is 11.3. The van der Waals surface area contributed by atoms with E-state index in [1.54, 1.807) is 19.1 Å². The van der Waals surface area contributed by atoms with Crippen LogP contribution in [0.25, 0.3) is 11.1 Å². The van der Waals surface area contributed by atoms with Crippen molar-refractivity contribution < 1.29 is 13.2 Å². The van der Waals surface area contributed by atoms with Gasteiger partial charge in [-0.3, -0.25) is 0 Å². The Bertz CT molecular complexity index is 983. The Hall–Kier alpha value is -2.30. The summed E-state index contributed by atoms with van der Waals surface area (Å²) in [5, 5.41) is 0.250. The van der Waals surface area contributed by atoms with Gasteiger partial charge < -0.3 is 4.74 Å². The molecule has 0 unspecified atom stereocenters. The predicted octanol–water partition coefficient (Wildman–Crippen LogP) is 5.39. The van der Waals surface area contributed by atoms with Crippen LogP contribution in [0.3, 0.4) is 0 Å². The van der Waals surface area contributed by atoms with Crippen LogP contribution in [0.15, 0.2) is 71.6 Å². The highest BCUT2D eigenvalue weighted by molar-refractivity contribution is 7.91. The highest BCUT2D eigenvalue weighted by Gasteiger charge is 2.14. The maximum absolute atomic E-state index is 11.9. The summed E-state index contributed by atoms with van der Waals surface area (Å²) in [6.07, 6.45) is 0. The number of hydrogen-bond donors (Lipinski definition) is 0. The number of hydrogen-bond acceptors (Lipinski definition) is 3. The van der Waals surface area contributed by atoms with Crippen molar-refractivity contribution in [1.82, 2.24) is 0 Å². The van der Waals surface area contributed by atoms with Gasteiger partial charge in [-0.1, -0.05) is 48.9 Å². The van der Waals surface area contributed by atoms with E-state index in [1.807, 2.05) is 42.5 Å². The van der Waals surface area contributed by atoms with Crippen molar-refractivity contribution in [1.29, 1.82) is 0 Å². The van der Waals surface area contributed by atoms with Gasteiger partial charge in [0, 0.05) is 0 Å². The molecule has 3 rings (SSSR count). The van der Waals surface area contributed by atoms with E-state index in [-0.39, 0.29) is 15.7 Å². The van der Waals surface area contributed by atoms with Crippen LogP contribution in [0.2, 0.25) is 5.02 Å². The molecule has 0 aliphatic rings. The van der Waals surface area contributed by atoms with Gasteiger partial charge in [-0.25, -0.2) is 8.42 Å². The lowest BCUT2D eigenvalue weighted by molar-refractivity contribution is 0.482. The van der Waals surface area contributed by atoms with Crippen LogP contribution < -0.4 is 4.74 Å². The Labute approximate surface area is 152 Å². The molecule has 3 aromatic carbocycles. The first-order valence-corrected chi connectivity index (χ1v) is 9.79. The molecule has 0 amide bonds. The summed E-state index contributed by atoms with van der Waals surface area (Å²) in [6, 6.07) is 22.9. The lowest BCUT2D eigenvalue weighted by atomic mass is 10.1. The quantitative estimate of drug-likeness (QED) is 0.603. The van der Waals surface area contributed by atoms with Gasteiger partial charge in [0.05, 0.1) is 15.7 Å². The lowest BCUT2D eigenvalue weighted by Gasteiger charge is -2.10. The van der Waals surface area contributed by atoms with Crippen LogP contribution in [-0.2, 0) is 9.84 Å². The second kappa shape index (κ2) is 7.30. The molecule has 0 spiro atoms. The molecule has 0 N–H and O–H groups in total. The Balaban J connectivity index is 1.88. The molecule has 5 heteroatoms. The number of ether oxygens (including phenoxy) is 1. The number of sulfone groups is 1. The van der Waals surface area contributed by atoms with E-state index >= 15 is 0 Å². The van der Waals surface area contributed by atoms with Crippen LogP contribution >= 0.6 is 11.6 Å². The fraction of sp³-hybridized carbons (Fsp3) is 0.100. The monoisotopic (exact) mass is 371 g/mol. The minimum absolute atomic E-state index is 0.0254. The van der Waals surface area contributed by atoms with Crippen molar-refractivity contribution in [3.63, 3.8) is 0 Å². The molecule has 0 fully saturated rings. The average Bonchev–Trinajstić information content (AvgIpc) is 2.64. The molecular formula is C20H16ClO3S. The van der Waals surface area contributed by atoms with Gasteiger partial charge in [0.15, 0.2) is 9.84 Å². The third-order valence-corrected chi connectivity index (χ3v) is 5.77. The zero-order chi connectivity index (χ0) is 17.9. The second-order valence-corrected chi connectivity index (χ2v) is 8.11. The molecule has 0 aliphatic carbocycles. The van der Waals surface area contributed by atoms with Crippen molar-refractivity contribution >= 4 is 21.4 Å². The Morgan fingerprint density at radius 3 is 2.44 bits per heavy atom. The molecule has 0 aromatic heterocycles. The Kier molecular flexibility index (Phi) is 5.11. The molecule has 127 valence electrons. The number of rotatable bonds is 5. The lowest BCUT2D eigenvalue weighted by Crippen LogP contribution is -2.03. The van der Waals surface area contributed by atoms with Gasteiger partial charge in [-0.05, 0) is 53.6 Å². The van der Waals surface area contributed by atoms with Crippen LogP contribution in [0, 0.1) is 6.07 Å². The highest BCUT2D eigenvalue weighted by Crippen LogP contribution is 2.33.